The van der Waals surface area contributed by atoms with Crippen molar-refractivity contribution < 1.29 is 0 Å². The summed E-state index contributed by atoms with van der Waals surface area (Å²) < 4.78 is 0.715. The van der Waals surface area contributed by atoms with Gasteiger partial charge in [-0.2, -0.15) is 0 Å². The van der Waals surface area contributed by atoms with Crippen molar-refractivity contribution in [3.63, 3.8) is 0 Å². The SMILES string of the molecule is Clc1cnc(I)nc1. The Morgan fingerprint density at radius 1 is 1.38 bits per heavy atom. The monoisotopic (exact) mass is 240 g/mol. The summed E-state index contributed by atoms with van der Waals surface area (Å²) in [5.41, 5.74) is 0. The predicted octanol–water partition coefficient (Wildman–Crippen LogP) is 1.73. The van der Waals surface area contributed by atoms with Crippen molar-refractivity contribution in [1.29, 1.82) is 0 Å². The lowest BCUT2D eigenvalue weighted by Gasteiger charge is -1.85. The van der Waals surface area contributed by atoms with Crippen LogP contribution >= 0.6 is 34.2 Å². The van der Waals surface area contributed by atoms with Crippen molar-refractivity contribution in [2.45, 2.75) is 0 Å². The second kappa shape index (κ2) is 2.59. The maximum Gasteiger partial charge on any atom is 0.190 e. The van der Waals surface area contributed by atoms with E-state index in [9.17, 15) is 0 Å². The lowest BCUT2D eigenvalue weighted by atomic mass is 10.7. The van der Waals surface area contributed by atoms with E-state index in [1.54, 1.807) is 12.4 Å². The molecule has 1 aromatic heterocycles. The first kappa shape index (κ1) is 6.22. The Labute approximate surface area is 65.4 Å². The van der Waals surface area contributed by atoms with Crippen molar-refractivity contribution in [1.82, 2.24) is 9.97 Å². The molecule has 0 aliphatic heterocycles. The van der Waals surface area contributed by atoms with Crippen LogP contribution in [0.2, 0.25) is 5.02 Å². The highest BCUT2D eigenvalue weighted by Crippen LogP contribution is 2.03. The molecule has 42 valence electrons. The zero-order valence-corrected chi connectivity index (χ0v) is 6.72. The van der Waals surface area contributed by atoms with Gasteiger partial charge in [-0.3, -0.25) is 0 Å². The van der Waals surface area contributed by atoms with E-state index in [1.807, 2.05) is 22.6 Å². The number of hydrogen-bond acceptors (Lipinski definition) is 2. The molecule has 1 rings (SSSR count). The lowest BCUT2D eigenvalue weighted by Crippen LogP contribution is -1.81. The van der Waals surface area contributed by atoms with Crippen LogP contribution < -0.4 is 0 Å². The summed E-state index contributed by atoms with van der Waals surface area (Å²) in [6.45, 7) is 0. The second-order valence-corrected chi connectivity index (χ2v) is 2.57. The van der Waals surface area contributed by atoms with Gasteiger partial charge in [0.25, 0.3) is 0 Å². The van der Waals surface area contributed by atoms with Gasteiger partial charge in [0.1, 0.15) is 0 Å². The Morgan fingerprint density at radius 2 is 1.88 bits per heavy atom. The quantitative estimate of drug-likeness (QED) is 0.510. The van der Waals surface area contributed by atoms with Crippen molar-refractivity contribution in [3.8, 4) is 0 Å². The predicted molar refractivity (Wildman–Crippen MR) is 39.8 cm³/mol. The largest absolute Gasteiger partial charge is 0.230 e. The molecule has 1 heterocycles. The van der Waals surface area contributed by atoms with E-state index >= 15 is 0 Å². The normalized spacial score (nSPS) is 9.25. The van der Waals surface area contributed by atoms with Gasteiger partial charge >= 0.3 is 0 Å². The van der Waals surface area contributed by atoms with Gasteiger partial charge in [0.15, 0.2) is 3.83 Å². The van der Waals surface area contributed by atoms with Gasteiger partial charge in [-0.25, -0.2) is 9.97 Å². The molecule has 1 aromatic rings. The Bertz CT molecular complexity index is 153. The Kier molecular flexibility index (Phi) is 2.01. The first-order valence-corrected chi connectivity index (χ1v) is 3.38. The molecule has 0 saturated heterocycles. The van der Waals surface area contributed by atoms with Crippen LogP contribution in [-0.2, 0) is 0 Å². The highest BCUT2D eigenvalue weighted by Gasteiger charge is 1.86. The molecule has 2 nitrogen and oxygen atoms in total. The Hall–Kier alpha value is 0.1000. The van der Waals surface area contributed by atoms with Crippen LogP contribution in [0.3, 0.4) is 0 Å². The standard InChI is InChI=1S/C4H2ClIN2/c5-3-1-7-4(6)8-2-3/h1-2H. The maximum absolute atomic E-state index is 5.48. The Morgan fingerprint density at radius 3 is 2.25 bits per heavy atom. The molecule has 0 amide bonds. The summed E-state index contributed by atoms with van der Waals surface area (Å²) in [6.07, 6.45) is 3.13. The molecule has 0 fully saturated rings. The van der Waals surface area contributed by atoms with Crippen LogP contribution in [0.1, 0.15) is 0 Å². The number of nitrogens with zero attached hydrogens (tertiary/aromatic N) is 2. The first-order chi connectivity index (χ1) is 3.79. The summed E-state index contributed by atoms with van der Waals surface area (Å²) >= 11 is 7.50. The molecular formula is C4H2ClIN2. The summed E-state index contributed by atoms with van der Waals surface area (Å²) in [7, 11) is 0. The fourth-order valence-corrected chi connectivity index (χ4v) is 0.673. The molecule has 0 aliphatic rings. The van der Waals surface area contributed by atoms with Crippen LogP contribution in [-0.4, -0.2) is 9.97 Å². The molecule has 0 unspecified atom stereocenters. The number of aromatic nitrogens is 2. The minimum Gasteiger partial charge on any atom is -0.230 e. The smallest absolute Gasteiger partial charge is 0.190 e. The molecule has 4 heteroatoms. The zero-order chi connectivity index (χ0) is 5.98. The van der Waals surface area contributed by atoms with Crippen LogP contribution in [0, 0.1) is 3.83 Å². The highest BCUT2D eigenvalue weighted by molar-refractivity contribution is 14.1. The van der Waals surface area contributed by atoms with Crippen molar-refractivity contribution in [2.75, 3.05) is 0 Å². The van der Waals surface area contributed by atoms with Gasteiger partial charge < -0.3 is 0 Å². The van der Waals surface area contributed by atoms with E-state index in [0.29, 0.717) is 8.85 Å². The van der Waals surface area contributed by atoms with Crippen molar-refractivity contribution >= 4 is 34.2 Å². The van der Waals surface area contributed by atoms with Crippen LogP contribution in [0.5, 0.6) is 0 Å². The minimum atomic E-state index is 0.574. The molecule has 0 radical (unpaired) electrons. The molecule has 0 bridgehead atoms. The summed E-state index contributed by atoms with van der Waals surface area (Å²) in [5.74, 6) is 0. The number of rotatable bonds is 0. The third-order valence-electron chi connectivity index (χ3n) is 0.589. The third-order valence-corrected chi connectivity index (χ3v) is 1.34. The summed E-state index contributed by atoms with van der Waals surface area (Å²) in [4.78, 5) is 7.64. The maximum atomic E-state index is 5.48. The van der Waals surface area contributed by atoms with E-state index in [2.05, 4.69) is 9.97 Å². The summed E-state index contributed by atoms with van der Waals surface area (Å²) in [5, 5.41) is 0.574. The van der Waals surface area contributed by atoms with E-state index in [1.165, 1.54) is 0 Å². The molecule has 0 spiro atoms. The van der Waals surface area contributed by atoms with Gasteiger partial charge in [0.2, 0.25) is 0 Å². The highest BCUT2D eigenvalue weighted by atomic mass is 127. The van der Waals surface area contributed by atoms with Crippen LogP contribution in [0.25, 0.3) is 0 Å². The fourth-order valence-electron chi connectivity index (χ4n) is 0.297. The number of halogens is 2. The molecule has 0 atom stereocenters. The van der Waals surface area contributed by atoms with E-state index in [-0.39, 0.29) is 0 Å². The lowest BCUT2D eigenvalue weighted by molar-refractivity contribution is 1.11. The van der Waals surface area contributed by atoms with Gasteiger partial charge in [0, 0.05) is 22.6 Å². The molecular weight excluding hydrogens is 238 g/mol. The molecule has 8 heavy (non-hydrogen) atoms. The van der Waals surface area contributed by atoms with E-state index in [0.717, 1.165) is 0 Å². The van der Waals surface area contributed by atoms with Crippen LogP contribution in [0.15, 0.2) is 12.4 Å². The molecule has 0 aromatic carbocycles. The molecule has 0 N–H and O–H groups in total. The van der Waals surface area contributed by atoms with Gasteiger partial charge in [-0.15, -0.1) is 0 Å². The molecule has 0 aliphatic carbocycles. The number of hydrogen-bond donors (Lipinski definition) is 0. The van der Waals surface area contributed by atoms with Crippen molar-refractivity contribution in [2.24, 2.45) is 0 Å². The Balaban J connectivity index is 3.03. The van der Waals surface area contributed by atoms with Gasteiger partial charge in [0.05, 0.1) is 17.4 Å². The van der Waals surface area contributed by atoms with Gasteiger partial charge in [-0.1, -0.05) is 11.6 Å². The second-order valence-electron chi connectivity index (χ2n) is 1.17. The average molecular weight is 240 g/mol. The van der Waals surface area contributed by atoms with Gasteiger partial charge in [-0.05, 0) is 0 Å². The molecule has 0 saturated carbocycles. The zero-order valence-electron chi connectivity index (χ0n) is 3.81. The fraction of sp³-hybridized carbons (Fsp3) is 0. The first-order valence-electron chi connectivity index (χ1n) is 1.92. The summed E-state index contributed by atoms with van der Waals surface area (Å²) in [6, 6.07) is 0. The van der Waals surface area contributed by atoms with E-state index in [4.69, 9.17) is 11.6 Å². The van der Waals surface area contributed by atoms with Crippen molar-refractivity contribution in [3.05, 3.63) is 21.2 Å². The average Bonchev–Trinajstić information content (AvgIpc) is 1.77. The van der Waals surface area contributed by atoms with E-state index < -0.39 is 0 Å². The van der Waals surface area contributed by atoms with Crippen LogP contribution in [0.4, 0.5) is 0 Å². The third kappa shape index (κ3) is 1.56. The topological polar surface area (TPSA) is 25.8 Å². The minimum absolute atomic E-state index is 0.574.